The van der Waals surface area contributed by atoms with Gasteiger partial charge in [-0.25, -0.2) is 9.37 Å². The minimum atomic E-state index is -0.233. The van der Waals surface area contributed by atoms with Crippen molar-refractivity contribution in [1.29, 1.82) is 0 Å². The third-order valence-corrected chi connectivity index (χ3v) is 3.27. The van der Waals surface area contributed by atoms with Gasteiger partial charge < -0.3 is 15.1 Å². The van der Waals surface area contributed by atoms with Crippen LogP contribution in [-0.2, 0) is 4.79 Å². The van der Waals surface area contributed by atoms with Gasteiger partial charge in [0.15, 0.2) is 0 Å². The Morgan fingerprint density at radius 1 is 1.30 bits per heavy atom. The number of pyridine rings is 1. The van der Waals surface area contributed by atoms with Crippen LogP contribution in [0.3, 0.4) is 0 Å². The number of aldehydes is 1. The number of aromatic amines is 1. The van der Waals surface area contributed by atoms with E-state index in [4.69, 9.17) is 4.79 Å². The fraction of sp³-hybridized carbons (Fsp3) is 0.222. The van der Waals surface area contributed by atoms with Crippen molar-refractivity contribution in [2.75, 3.05) is 11.9 Å². The number of aromatic nitrogens is 2. The molecule has 0 amide bonds. The molecule has 0 saturated carbocycles. The first-order chi connectivity index (χ1) is 11.2. The number of fused-ring (bicyclic) bond motifs is 1. The molecular formula is C18H20FN3O. The summed E-state index contributed by atoms with van der Waals surface area (Å²) in [7, 11) is 0. The lowest BCUT2D eigenvalue weighted by Crippen LogP contribution is -2.01. The smallest absolute Gasteiger partial charge is 0.125 e. The Labute approximate surface area is 134 Å². The summed E-state index contributed by atoms with van der Waals surface area (Å²) in [6.07, 6.45) is 5.54. The summed E-state index contributed by atoms with van der Waals surface area (Å²) in [5.74, 6) is 0.643. The van der Waals surface area contributed by atoms with Crippen LogP contribution in [0.1, 0.15) is 20.3 Å². The van der Waals surface area contributed by atoms with Gasteiger partial charge in [0, 0.05) is 41.0 Å². The first kappa shape index (κ1) is 16.7. The minimum Gasteiger partial charge on any atom is -0.370 e. The summed E-state index contributed by atoms with van der Waals surface area (Å²) < 4.78 is 13.2. The topological polar surface area (TPSA) is 57.8 Å². The number of benzene rings is 1. The lowest BCUT2D eigenvalue weighted by atomic mass is 10.1. The molecule has 5 heteroatoms. The fourth-order valence-electron chi connectivity index (χ4n) is 2.25. The van der Waals surface area contributed by atoms with Gasteiger partial charge in [0.05, 0.1) is 0 Å². The maximum absolute atomic E-state index is 13.2. The molecule has 4 nitrogen and oxygen atoms in total. The molecule has 0 unspecified atom stereocenters. The average Bonchev–Trinajstić information content (AvgIpc) is 2.97. The molecule has 0 spiro atoms. The Balaban J connectivity index is 0.000000595. The number of hydrogen-bond donors (Lipinski definition) is 2. The number of nitrogens with zero attached hydrogens (tertiary/aromatic N) is 1. The first-order valence-electron chi connectivity index (χ1n) is 7.56. The number of hydrogen-bond acceptors (Lipinski definition) is 3. The van der Waals surface area contributed by atoms with Gasteiger partial charge in [-0.1, -0.05) is 6.92 Å². The molecule has 0 saturated heterocycles. The van der Waals surface area contributed by atoms with Gasteiger partial charge in [0.1, 0.15) is 17.9 Å². The first-order valence-corrected chi connectivity index (χ1v) is 7.56. The van der Waals surface area contributed by atoms with Crippen LogP contribution in [0.15, 0.2) is 42.7 Å². The zero-order chi connectivity index (χ0) is 16.7. The van der Waals surface area contributed by atoms with E-state index in [0.717, 1.165) is 47.1 Å². The van der Waals surface area contributed by atoms with E-state index < -0.39 is 0 Å². The van der Waals surface area contributed by atoms with Crippen LogP contribution in [0.5, 0.6) is 0 Å². The molecule has 0 atom stereocenters. The molecule has 2 aromatic heterocycles. The molecule has 0 fully saturated rings. The predicted octanol–water partition coefficient (Wildman–Crippen LogP) is 4.40. The molecule has 2 heterocycles. The molecule has 0 aliphatic heterocycles. The van der Waals surface area contributed by atoms with Crippen LogP contribution in [0.25, 0.3) is 22.0 Å². The summed E-state index contributed by atoms with van der Waals surface area (Å²) >= 11 is 0. The van der Waals surface area contributed by atoms with E-state index in [0.29, 0.717) is 0 Å². The molecule has 2 N–H and O–H groups in total. The highest BCUT2D eigenvalue weighted by Crippen LogP contribution is 2.28. The summed E-state index contributed by atoms with van der Waals surface area (Å²) in [4.78, 5) is 16.3. The van der Waals surface area contributed by atoms with Crippen LogP contribution in [-0.4, -0.2) is 22.8 Å². The third kappa shape index (κ3) is 4.16. The lowest BCUT2D eigenvalue weighted by molar-refractivity contribution is -0.106. The summed E-state index contributed by atoms with van der Waals surface area (Å²) in [6.45, 7) is 4.48. The van der Waals surface area contributed by atoms with Gasteiger partial charge in [-0.15, -0.1) is 0 Å². The van der Waals surface area contributed by atoms with Gasteiger partial charge >= 0.3 is 0 Å². The summed E-state index contributed by atoms with van der Waals surface area (Å²) in [5, 5.41) is 4.25. The van der Waals surface area contributed by atoms with Crippen molar-refractivity contribution < 1.29 is 9.18 Å². The van der Waals surface area contributed by atoms with Crippen LogP contribution < -0.4 is 5.32 Å². The van der Waals surface area contributed by atoms with E-state index in [1.807, 2.05) is 24.5 Å². The zero-order valence-electron chi connectivity index (χ0n) is 13.3. The largest absolute Gasteiger partial charge is 0.370 e. The van der Waals surface area contributed by atoms with E-state index in [1.54, 1.807) is 6.07 Å². The van der Waals surface area contributed by atoms with E-state index >= 15 is 0 Å². The number of nitrogens with one attached hydrogen (secondary N) is 2. The van der Waals surface area contributed by atoms with E-state index in [2.05, 4.69) is 22.2 Å². The Morgan fingerprint density at radius 3 is 2.74 bits per heavy atom. The molecule has 3 aromatic rings. The highest BCUT2D eigenvalue weighted by molar-refractivity contribution is 5.95. The monoisotopic (exact) mass is 313 g/mol. The molecule has 120 valence electrons. The normalized spacial score (nSPS) is 10.0. The Kier molecular flexibility index (Phi) is 5.86. The third-order valence-electron chi connectivity index (χ3n) is 3.27. The summed E-state index contributed by atoms with van der Waals surface area (Å²) in [6, 6.07) is 8.76. The lowest BCUT2D eigenvalue weighted by Gasteiger charge is -2.04. The van der Waals surface area contributed by atoms with Crippen LogP contribution in [0.4, 0.5) is 10.2 Å². The second-order valence-electron chi connectivity index (χ2n) is 4.99. The minimum absolute atomic E-state index is 0.233. The molecular weight excluding hydrogens is 293 g/mol. The van der Waals surface area contributed by atoms with E-state index in [9.17, 15) is 4.39 Å². The van der Waals surface area contributed by atoms with Gasteiger partial charge in [-0.05, 0) is 43.7 Å². The highest BCUT2D eigenvalue weighted by Gasteiger charge is 2.07. The van der Waals surface area contributed by atoms with Gasteiger partial charge in [0.2, 0.25) is 0 Å². The number of carbonyl (C=O) groups is 1. The van der Waals surface area contributed by atoms with Crippen molar-refractivity contribution in [3.8, 4) is 11.1 Å². The number of carbonyl (C=O) groups excluding carboxylic acids is 1. The molecule has 0 bridgehead atoms. The van der Waals surface area contributed by atoms with Gasteiger partial charge in [-0.2, -0.15) is 0 Å². The van der Waals surface area contributed by atoms with Gasteiger partial charge in [0.25, 0.3) is 0 Å². The molecule has 0 aliphatic carbocycles. The van der Waals surface area contributed by atoms with Crippen molar-refractivity contribution in [2.24, 2.45) is 0 Å². The number of halogens is 1. The fourth-order valence-corrected chi connectivity index (χ4v) is 2.25. The molecule has 0 aliphatic rings. The average molecular weight is 313 g/mol. The molecule has 3 rings (SSSR count). The maximum Gasteiger partial charge on any atom is 0.125 e. The Hall–Kier alpha value is -2.69. The second kappa shape index (κ2) is 8.08. The number of anilines is 1. The van der Waals surface area contributed by atoms with Crippen LogP contribution in [0.2, 0.25) is 0 Å². The van der Waals surface area contributed by atoms with Gasteiger partial charge in [-0.3, -0.25) is 0 Å². The van der Waals surface area contributed by atoms with Crippen molar-refractivity contribution in [3.05, 3.63) is 48.5 Å². The predicted molar refractivity (Wildman–Crippen MR) is 92.0 cm³/mol. The highest BCUT2D eigenvalue weighted by atomic mass is 19.1. The van der Waals surface area contributed by atoms with Crippen molar-refractivity contribution in [2.45, 2.75) is 20.3 Å². The maximum atomic E-state index is 13.2. The number of H-pyrrole nitrogens is 1. The van der Waals surface area contributed by atoms with Crippen molar-refractivity contribution >= 4 is 23.0 Å². The quantitative estimate of drug-likeness (QED) is 0.702. The Bertz CT molecular complexity index is 766. The SMILES string of the molecule is CC=O.CCCNc1ccc(-c2c[nH]c3cc(F)ccc23)cn1. The van der Waals surface area contributed by atoms with Crippen molar-refractivity contribution in [3.63, 3.8) is 0 Å². The zero-order valence-corrected chi connectivity index (χ0v) is 13.3. The van der Waals surface area contributed by atoms with Crippen LogP contribution >= 0.6 is 0 Å². The van der Waals surface area contributed by atoms with E-state index in [-0.39, 0.29) is 5.82 Å². The standard InChI is InChI=1S/C16H16FN3.C2H4O/c1-2-7-18-16-6-3-11(9-20-16)14-10-19-15-8-12(17)4-5-13(14)15;1-2-3/h3-6,8-10,19H,2,7H2,1H3,(H,18,20);2H,1H3. The van der Waals surface area contributed by atoms with E-state index in [1.165, 1.54) is 19.1 Å². The summed E-state index contributed by atoms with van der Waals surface area (Å²) in [5.41, 5.74) is 2.85. The molecule has 23 heavy (non-hydrogen) atoms. The molecule has 1 aromatic carbocycles. The van der Waals surface area contributed by atoms with Crippen LogP contribution in [0, 0.1) is 5.82 Å². The number of rotatable bonds is 4. The molecule has 0 radical (unpaired) electrons. The second-order valence-corrected chi connectivity index (χ2v) is 4.99. The van der Waals surface area contributed by atoms with Crippen molar-refractivity contribution in [1.82, 2.24) is 9.97 Å². The Morgan fingerprint density at radius 2 is 2.09 bits per heavy atom.